The van der Waals surface area contributed by atoms with Crippen LogP contribution in [-0.2, 0) is 9.53 Å². The van der Waals surface area contributed by atoms with Crippen LogP contribution in [0.3, 0.4) is 0 Å². The molecular weight excluding hydrogens is 374 g/mol. The molecule has 2 amide bonds. The van der Waals surface area contributed by atoms with Crippen LogP contribution < -0.4 is 10.6 Å². The van der Waals surface area contributed by atoms with Crippen LogP contribution in [-0.4, -0.2) is 28.6 Å². The summed E-state index contributed by atoms with van der Waals surface area (Å²) in [4.78, 5) is 30.2. The van der Waals surface area contributed by atoms with Crippen molar-refractivity contribution in [3.05, 3.63) is 34.8 Å². The number of carbonyl (C=O) groups excluding carboxylic acids is 2. The summed E-state index contributed by atoms with van der Waals surface area (Å²) in [7, 11) is 0. The van der Waals surface area contributed by atoms with E-state index >= 15 is 0 Å². The number of aryl methyl sites for hydroxylation is 2. The number of hydrogen-bond acceptors (Lipinski definition) is 5. The maximum atomic E-state index is 12.7. The molecule has 0 aliphatic heterocycles. The molecule has 3 rings (SSSR count). The second-order valence-corrected chi connectivity index (χ2v) is 9.10. The number of anilines is 1. The van der Waals surface area contributed by atoms with E-state index in [1.165, 1.54) is 0 Å². The predicted octanol–water partition coefficient (Wildman–Crippen LogP) is 4.92. The van der Waals surface area contributed by atoms with Gasteiger partial charge >= 0.3 is 6.09 Å². The summed E-state index contributed by atoms with van der Waals surface area (Å²) in [5, 5.41) is 7.53. The molecule has 1 atom stereocenters. The van der Waals surface area contributed by atoms with Crippen molar-refractivity contribution in [2.45, 2.75) is 53.2 Å². The number of fused-ring (bicyclic) bond motifs is 3. The number of rotatable bonds is 3. The van der Waals surface area contributed by atoms with Gasteiger partial charge in [-0.25, -0.2) is 4.79 Å². The topological polar surface area (TPSA) is 80.3 Å². The van der Waals surface area contributed by atoms with Crippen molar-refractivity contribution in [3.8, 4) is 0 Å². The first kappa shape index (κ1) is 20.1. The molecular formula is C21H25N3O3S. The molecule has 148 valence electrons. The molecule has 0 fully saturated rings. The lowest BCUT2D eigenvalue weighted by atomic mass is 10.1. The lowest BCUT2D eigenvalue weighted by molar-refractivity contribution is -0.117. The Labute approximate surface area is 168 Å². The Balaban J connectivity index is 1.88. The number of nitrogens with one attached hydrogen (secondary N) is 2. The predicted molar refractivity (Wildman–Crippen MR) is 114 cm³/mol. The average molecular weight is 400 g/mol. The number of alkyl carbamates (subject to hydrolysis) is 1. The highest BCUT2D eigenvalue weighted by atomic mass is 32.1. The summed E-state index contributed by atoms with van der Waals surface area (Å²) in [6, 6.07) is 7.29. The first-order valence-electron chi connectivity index (χ1n) is 9.15. The number of aromatic nitrogens is 1. The van der Waals surface area contributed by atoms with Crippen LogP contribution in [0.15, 0.2) is 24.3 Å². The Morgan fingerprint density at radius 3 is 2.54 bits per heavy atom. The number of ether oxygens (including phenoxy) is 1. The van der Waals surface area contributed by atoms with E-state index < -0.39 is 17.7 Å². The molecule has 0 radical (unpaired) electrons. The lowest BCUT2D eigenvalue weighted by Gasteiger charge is -2.21. The molecule has 6 nitrogen and oxygen atoms in total. The van der Waals surface area contributed by atoms with Crippen molar-refractivity contribution < 1.29 is 14.3 Å². The van der Waals surface area contributed by atoms with Crippen molar-refractivity contribution in [3.63, 3.8) is 0 Å². The molecule has 7 heteroatoms. The van der Waals surface area contributed by atoms with Gasteiger partial charge in [0.1, 0.15) is 11.6 Å². The SMILES string of the molecule is Cc1ccc2c(ccc3sc(C)c(NC(=O)[C@@H](C)NC(=O)OC(C)(C)C)c32)n1. The number of amides is 2. The zero-order valence-corrected chi connectivity index (χ0v) is 17.8. The van der Waals surface area contributed by atoms with Gasteiger partial charge in [0.15, 0.2) is 0 Å². The van der Waals surface area contributed by atoms with E-state index in [1.807, 2.05) is 38.1 Å². The average Bonchev–Trinajstić information content (AvgIpc) is 2.88. The minimum atomic E-state index is -0.737. The van der Waals surface area contributed by atoms with E-state index in [0.717, 1.165) is 37.2 Å². The van der Waals surface area contributed by atoms with Gasteiger partial charge in [-0.15, -0.1) is 11.3 Å². The highest BCUT2D eigenvalue weighted by Crippen LogP contribution is 2.39. The zero-order chi connectivity index (χ0) is 20.6. The summed E-state index contributed by atoms with van der Waals surface area (Å²) in [5.74, 6) is -0.300. The van der Waals surface area contributed by atoms with Crippen LogP contribution in [0, 0.1) is 13.8 Å². The number of nitrogens with zero attached hydrogens (tertiary/aromatic N) is 1. The molecule has 2 heterocycles. The molecule has 0 aliphatic carbocycles. The fourth-order valence-electron chi connectivity index (χ4n) is 2.95. The molecule has 2 N–H and O–H groups in total. The van der Waals surface area contributed by atoms with Crippen molar-refractivity contribution >= 4 is 50.0 Å². The molecule has 2 aromatic heterocycles. The number of benzene rings is 1. The fraction of sp³-hybridized carbons (Fsp3) is 0.381. The number of thiophene rings is 1. The molecule has 1 aromatic carbocycles. The van der Waals surface area contributed by atoms with Crippen molar-refractivity contribution in [1.29, 1.82) is 0 Å². The number of pyridine rings is 1. The van der Waals surface area contributed by atoms with Crippen LogP contribution in [0.1, 0.15) is 38.3 Å². The third kappa shape index (κ3) is 4.25. The second-order valence-electron chi connectivity index (χ2n) is 7.85. The van der Waals surface area contributed by atoms with E-state index in [1.54, 1.807) is 39.0 Å². The number of hydrogen-bond donors (Lipinski definition) is 2. The van der Waals surface area contributed by atoms with Gasteiger partial charge in [0.2, 0.25) is 5.91 Å². The van der Waals surface area contributed by atoms with Crippen LogP contribution in [0.2, 0.25) is 0 Å². The molecule has 0 unspecified atom stereocenters. The summed E-state index contributed by atoms with van der Waals surface area (Å²) in [6.07, 6.45) is -0.618. The highest BCUT2D eigenvalue weighted by Gasteiger charge is 2.23. The standard InChI is InChI=1S/C21H25N3O3S/c1-11-7-8-14-15(22-11)9-10-16-17(14)18(13(3)28-16)24-19(25)12(2)23-20(26)27-21(4,5)6/h7-10,12H,1-6H3,(H,23,26)(H,24,25)/t12-/m1/s1. The monoisotopic (exact) mass is 399 g/mol. The molecule has 3 aromatic rings. The van der Waals surface area contributed by atoms with Gasteiger partial charge in [-0.05, 0) is 59.7 Å². The summed E-state index contributed by atoms with van der Waals surface area (Å²) < 4.78 is 6.30. The number of carbonyl (C=O) groups is 2. The van der Waals surface area contributed by atoms with Crippen LogP contribution in [0.4, 0.5) is 10.5 Å². The highest BCUT2D eigenvalue weighted by molar-refractivity contribution is 7.20. The van der Waals surface area contributed by atoms with Gasteiger partial charge in [-0.3, -0.25) is 9.78 Å². The Kier molecular flexibility index (Phi) is 5.30. The Hall–Kier alpha value is -2.67. The van der Waals surface area contributed by atoms with E-state index in [9.17, 15) is 9.59 Å². The Morgan fingerprint density at radius 1 is 1.14 bits per heavy atom. The first-order valence-corrected chi connectivity index (χ1v) is 9.96. The van der Waals surface area contributed by atoms with Gasteiger partial charge < -0.3 is 15.4 Å². The van der Waals surface area contributed by atoms with E-state index in [-0.39, 0.29) is 5.91 Å². The van der Waals surface area contributed by atoms with Crippen molar-refractivity contribution in [1.82, 2.24) is 10.3 Å². The normalized spacial score (nSPS) is 12.8. The van der Waals surface area contributed by atoms with E-state index in [4.69, 9.17) is 4.74 Å². The largest absolute Gasteiger partial charge is 0.444 e. The molecule has 28 heavy (non-hydrogen) atoms. The lowest BCUT2D eigenvalue weighted by Crippen LogP contribution is -2.44. The van der Waals surface area contributed by atoms with E-state index in [0.29, 0.717) is 0 Å². The molecule has 0 spiro atoms. The first-order chi connectivity index (χ1) is 13.0. The van der Waals surface area contributed by atoms with E-state index in [2.05, 4.69) is 15.6 Å². The minimum Gasteiger partial charge on any atom is -0.444 e. The molecule has 0 saturated heterocycles. The molecule has 0 bridgehead atoms. The summed E-state index contributed by atoms with van der Waals surface area (Å²) in [6.45, 7) is 10.9. The van der Waals surface area contributed by atoms with Crippen LogP contribution >= 0.6 is 11.3 Å². The van der Waals surface area contributed by atoms with Crippen molar-refractivity contribution in [2.24, 2.45) is 0 Å². The van der Waals surface area contributed by atoms with Crippen LogP contribution in [0.5, 0.6) is 0 Å². The minimum absolute atomic E-state index is 0.300. The van der Waals surface area contributed by atoms with Gasteiger partial charge in [0.05, 0.1) is 11.2 Å². The quantitative estimate of drug-likeness (QED) is 0.655. The summed E-state index contributed by atoms with van der Waals surface area (Å²) >= 11 is 1.62. The second kappa shape index (κ2) is 7.39. The Bertz CT molecular complexity index is 1070. The maximum absolute atomic E-state index is 12.7. The fourth-order valence-corrected chi connectivity index (χ4v) is 3.99. The third-order valence-corrected chi connectivity index (χ3v) is 5.28. The smallest absolute Gasteiger partial charge is 0.408 e. The zero-order valence-electron chi connectivity index (χ0n) is 17.0. The van der Waals surface area contributed by atoms with Gasteiger partial charge in [0, 0.05) is 26.0 Å². The van der Waals surface area contributed by atoms with Crippen molar-refractivity contribution in [2.75, 3.05) is 5.32 Å². The van der Waals surface area contributed by atoms with Gasteiger partial charge in [-0.1, -0.05) is 6.07 Å². The van der Waals surface area contributed by atoms with Gasteiger partial charge in [0.25, 0.3) is 0 Å². The summed E-state index contributed by atoms with van der Waals surface area (Å²) in [5.41, 5.74) is 1.98. The maximum Gasteiger partial charge on any atom is 0.408 e. The molecule has 0 aliphatic rings. The Morgan fingerprint density at radius 2 is 1.86 bits per heavy atom. The van der Waals surface area contributed by atoms with Gasteiger partial charge in [-0.2, -0.15) is 0 Å². The molecule has 0 saturated carbocycles. The van der Waals surface area contributed by atoms with Crippen LogP contribution in [0.25, 0.3) is 21.0 Å². The third-order valence-electron chi connectivity index (χ3n) is 4.21.